The minimum atomic E-state index is -1.13. The molecular weight excluding hydrogens is 202 g/mol. The molecule has 0 saturated carbocycles. The minimum absolute atomic E-state index is 0.132. The van der Waals surface area contributed by atoms with E-state index < -0.39 is 24.3 Å². The number of carboxylic acid groups (broad SMARTS) is 1. The van der Waals surface area contributed by atoms with E-state index >= 15 is 0 Å². The molecule has 1 heterocycles. The predicted octanol–water partition coefficient (Wildman–Crippen LogP) is -2.21. The van der Waals surface area contributed by atoms with E-state index in [1.807, 2.05) is 0 Å². The van der Waals surface area contributed by atoms with E-state index in [0.717, 1.165) is 0 Å². The Bertz CT molecular complexity index is 292. The summed E-state index contributed by atoms with van der Waals surface area (Å²) in [5, 5.41) is 13.5. The molecule has 0 aromatic carbocycles. The topological polar surface area (TPSA) is 122 Å². The van der Waals surface area contributed by atoms with Crippen LogP contribution in [0.5, 0.6) is 0 Å². The maximum atomic E-state index is 11.3. The first-order valence-electron chi connectivity index (χ1n) is 4.53. The first kappa shape index (κ1) is 11.4. The van der Waals surface area contributed by atoms with Gasteiger partial charge in [-0.3, -0.25) is 14.4 Å². The van der Waals surface area contributed by atoms with Crippen molar-refractivity contribution in [3.63, 3.8) is 0 Å². The highest BCUT2D eigenvalue weighted by Gasteiger charge is 2.25. The summed E-state index contributed by atoms with van der Waals surface area (Å²) in [5.41, 5.74) is 5.33. The molecule has 2 unspecified atom stereocenters. The molecule has 1 rings (SSSR count). The molecule has 7 nitrogen and oxygen atoms in total. The second-order valence-electron chi connectivity index (χ2n) is 3.42. The van der Waals surface area contributed by atoms with Crippen molar-refractivity contribution < 1.29 is 19.5 Å². The Morgan fingerprint density at radius 2 is 2.33 bits per heavy atom. The second-order valence-corrected chi connectivity index (χ2v) is 3.42. The molecule has 2 amide bonds. The van der Waals surface area contributed by atoms with E-state index in [-0.39, 0.29) is 18.4 Å². The van der Waals surface area contributed by atoms with Crippen LogP contribution in [-0.4, -0.2) is 41.5 Å². The Hall–Kier alpha value is -1.63. The van der Waals surface area contributed by atoms with Crippen LogP contribution in [0, 0.1) is 0 Å². The summed E-state index contributed by atoms with van der Waals surface area (Å²) in [6.07, 6.45) is -0.203. The lowest BCUT2D eigenvalue weighted by atomic mass is 10.2. The molecule has 0 bridgehead atoms. The molecule has 1 aliphatic heterocycles. The highest BCUT2D eigenvalue weighted by Crippen LogP contribution is 2.00. The number of rotatable bonds is 4. The Labute approximate surface area is 86.0 Å². The van der Waals surface area contributed by atoms with E-state index in [9.17, 15) is 14.4 Å². The zero-order valence-corrected chi connectivity index (χ0v) is 8.03. The first-order chi connectivity index (χ1) is 6.99. The number of nitrogens with one attached hydrogen (secondary N) is 2. The third kappa shape index (κ3) is 3.55. The molecule has 0 spiro atoms. The second kappa shape index (κ2) is 4.74. The van der Waals surface area contributed by atoms with Crippen LogP contribution < -0.4 is 16.4 Å². The predicted molar refractivity (Wildman–Crippen MR) is 49.8 cm³/mol. The largest absolute Gasteiger partial charge is 0.481 e. The van der Waals surface area contributed by atoms with E-state index in [4.69, 9.17) is 10.8 Å². The van der Waals surface area contributed by atoms with Crippen molar-refractivity contribution in [2.75, 3.05) is 6.54 Å². The third-order valence-corrected chi connectivity index (χ3v) is 2.06. The quantitative estimate of drug-likeness (QED) is 0.423. The number of hydrogen-bond acceptors (Lipinski definition) is 4. The van der Waals surface area contributed by atoms with Crippen molar-refractivity contribution in [2.24, 2.45) is 5.73 Å². The van der Waals surface area contributed by atoms with Crippen LogP contribution in [0.1, 0.15) is 12.8 Å². The number of nitrogens with two attached hydrogens (primary N) is 1. The lowest BCUT2D eigenvalue weighted by molar-refractivity contribution is -0.139. The van der Waals surface area contributed by atoms with Gasteiger partial charge >= 0.3 is 5.97 Å². The zero-order valence-electron chi connectivity index (χ0n) is 8.03. The molecule has 1 fully saturated rings. The van der Waals surface area contributed by atoms with Crippen molar-refractivity contribution in [2.45, 2.75) is 24.9 Å². The highest BCUT2D eigenvalue weighted by atomic mass is 16.4. The molecule has 0 aliphatic carbocycles. The Morgan fingerprint density at radius 3 is 2.80 bits per heavy atom. The fourth-order valence-corrected chi connectivity index (χ4v) is 1.30. The van der Waals surface area contributed by atoms with Crippen LogP contribution in [0.25, 0.3) is 0 Å². The van der Waals surface area contributed by atoms with Gasteiger partial charge < -0.3 is 21.5 Å². The molecule has 84 valence electrons. The summed E-state index contributed by atoms with van der Waals surface area (Å²) < 4.78 is 0. The number of amides is 2. The van der Waals surface area contributed by atoms with Crippen molar-refractivity contribution in [3.05, 3.63) is 0 Å². The molecule has 15 heavy (non-hydrogen) atoms. The SMILES string of the molecule is NC(CC(=O)O)C(=O)NC1CNC(=O)C1. The van der Waals surface area contributed by atoms with Crippen molar-refractivity contribution in [3.8, 4) is 0 Å². The summed E-state index contributed by atoms with van der Waals surface area (Å²) >= 11 is 0. The molecule has 2 atom stereocenters. The van der Waals surface area contributed by atoms with Gasteiger partial charge in [-0.2, -0.15) is 0 Å². The average molecular weight is 215 g/mol. The number of carbonyl (C=O) groups is 3. The molecule has 1 saturated heterocycles. The van der Waals surface area contributed by atoms with Gasteiger partial charge in [0.25, 0.3) is 0 Å². The van der Waals surface area contributed by atoms with Gasteiger partial charge in [-0.15, -0.1) is 0 Å². The molecular formula is C8H13N3O4. The summed E-state index contributed by atoms with van der Waals surface area (Å²) in [5.74, 6) is -1.80. The molecule has 0 radical (unpaired) electrons. The monoisotopic (exact) mass is 215 g/mol. The summed E-state index contributed by atoms with van der Waals surface area (Å²) in [6, 6.07) is -1.36. The van der Waals surface area contributed by atoms with Gasteiger partial charge in [-0.05, 0) is 0 Å². The van der Waals surface area contributed by atoms with E-state index in [0.29, 0.717) is 6.54 Å². The van der Waals surface area contributed by atoms with E-state index in [2.05, 4.69) is 10.6 Å². The normalized spacial score (nSPS) is 21.9. The fourth-order valence-electron chi connectivity index (χ4n) is 1.30. The fraction of sp³-hybridized carbons (Fsp3) is 0.625. The third-order valence-electron chi connectivity index (χ3n) is 2.06. The lowest BCUT2D eigenvalue weighted by Gasteiger charge is -2.13. The van der Waals surface area contributed by atoms with Crippen molar-refractivity contribution >= 4 is 17.8 Å². The Balaban J connectivity index is 2.35. The van der Waals surface area contributed by atoms with Crippen LogP contribution in [0.4, 0.5) is 0 Å². The van der Waals surface area contributed by atoms with Crippen LogP contribution in [0.3, 0.4) is 0 Å². The van der Waals surface area contributed by atoms with Crippen molar-refractivity contribution in [1.82, 2.24) is 10.6 Å². The maximum absolute atomic E-state index is 11.3. The van der Waals surface area contributed by atoms with Crippen LogP contribution >= 0.6 is 0 Å². The summed E-state index contributed by atoms with van der Waals surface area (Å²) in [4.78, 5) is 32.4. The summed E-state index contributed by atoms with van der Waals surface area (Å²) in [7, 11) is 0. The molecule has 0 aromatic rings. The lowest BCUT2D eigenvalue weighted by Crippen LogP contribution is -2.46. The maximum Gasteiger partial charge on any atom is 0.305 e. The first-order valence-corrected chi connectivity index (χ1v) is 4.53. The van der Waals surface area contributed by atoms with E-state index in [1.165, 1.54) is 0 Å². The number of carboxylic acids is 1. The Kier molecular flexibility index (Phi) is 3.62. The van der Waals surface area contributed by atoms with Gasteiger partial charge in [0.05, 0.1) is 18.5 Å². The van der Waals surface area contributed by atoms with Crippen molar-refractivity contribution in [1.29, 1.82) is 0 Å². The van der Waals surface area contributed by atoms with Gasteiger partial charge in [0, 0.05) is 13.0 Å². The molecule has 5 N–H and O–H groups in total. The van der Waals surface area contributed by atoms with E-state index in [1.54, 1.807) is 0 Å². The van der Waals surface area contributed by atoms with Gasteiger partial charge in [0.1, 0.15) is 0 Å². The number of hydrogen-bond donors (Lipinski definition) is 4. The molecule has 7 heteroatoms. The minimum Gasteiger partial charge on any atom is -0.481 e. The smallest absolute Gasteiger partial charge is 0.305 e. The van der Waals surface area contributed by atoms with Gasteiger partial charge in [0.2, 0.25) is 11.8 Å². The van der Waals surface area contributed by atoms with Gasteiger partial charge in [0.15, 0.2) is 0 Å². The van der Waals surface area contributed by atoms with Crippen LogP contribution in [0.2, 0.25) is 0 Å². The number of carbonyl (C=O) groups excluding carboxylic acids is 2. The standard InChI is InChI=1S/C8H13N3O4/c9-5(2-7(13)14)8(15)11-4-1-6(12)10-3-4/h4-5H,1-3,9H2,(H,10,12)(H,11,15)(H,13,14). The molecule has 1 aliphatic rings. The van der Waals surface area contributed by atoms with Crippen LogP contribution in [0.15, 0.2) is 0 Å². The summed E-state index contributed by atoms with van der Waals surface area (Å²) in [6.45, 7) is 0.365. The van der Waals surface area contributed by atoms with Gasteiger partial charge in [-0.25, -0.2) is 0 Å². The van der Waals surface area contributed by atoms with Crippen LogP contribution in [-0.2, 0) is 14.4 Å². The van der Waals surface area contributed by atoms with Gasteiger partial charge in [-0.1, -0.05) is 0 Å². The molecule has 0 aromatic heterocycles. The Morgan fingerprint density at radius 1 is 1.67 bits per heavy atom. The average Bonchev–Trinajstić information content (AvgIpc) is 2.50. The number of aliphatic carboxylic acids is 1. The zero-order chi connectivity index (χ0) is 11.4. The highest BCUT2D eigenvalue weighted by molar-refractivity contribution is 5.87.